The van der Waals surface area contributed by atoms with Gasteiger partial charge in [-0.1, -0.05) is 0 Å². The van der Waals surface area contributed by atoms with Crippen LogP contribution in [0.3, 0.4) is 0 Å². The van der Waals surface area contributed by atoms with Crippen LogP contribution in [0, 0.1) is 11.6 Å². The molecule has 0 amide bonds. The predicted octanol–water partition coefficient (Wildman–Crippen LogP) is 2.91. The standard InChI is InChI=1S/C7H2ClF5O2S/c8-16(14,15)6-4(9)1-3(2-5(6)10)7(11,12)13/h1-2H. The molecule has 90 valence electrons. The van der Waals surface area contributed by atoms with Gasteiger partial charge in [-0.05, 0) is 12.1 Å². The average Bonchev–Trinajstić information content (AvgIpc) is 1.97. The second-order valence-electron chi connectivity index (χ2n) is 2.70. The van der Waals surface area contributed by atoms with Crippen LogP contribution in [0.25, 0.3) is 0 Å². The molecule has 0 spiro atoms. The van der Waals surface area contributed by atoms with E-state index in [1.165, 1.54) is 0 Å². The first kappa shape index (κ1) is 13.2. The normalized spacial score (nSPS) is 12.9. The van der Waals surface area contributed by atoms with Crippen molar-refractivity contribution in [3.63, 3.8) is 0 Å². The van der Waals surface area contributed by atoms with Crippen molar-refractivity contribution in [3.8, 4) is 0 Å². The molecule has 0 aromatic heterocycles. The molecular weight excluding hydrogens is 279 g/mol. The molecule has 0 atom stereocenters. The minimum absolute atomic E-state index is 0.141. The highest BCUT2D eigenvalue weighted by molar-refractivity contribution is 8.13. The lowest BCUT2D eigenvalue weighted by Crippen LogP contribution is -2.09. The first-order valence-electron chi connectivity index (χ1n) is 3.54. The van der Waals surface area contributed by atoms with Crippen molar-refractivity contribution < 1.29 is 30.4 Å². The van der Waals surface area contributed by atoms with Crippen LogP contribution in [0.15, 0.2) is 17.0 Å². The lowest BCUT2D eigenvalue weighted by Gasteiger charge is -2.08. The number of alkyl halides is 3. The summed E-state index contributed by atoms with van der Waals surface area (Å²) in [6, 6.07) is -0.281. The molecule has 0 saturated carbocycles. The van der Waals surface area contributed by atoms with E-state index in [0.29, 0.717) is 0 Å². The van der Waals surface area contributed by atoms with Gasteiger partial charge in [0.1, 0.15) is 11.6 Å². The van der Waals surface area contributed by atoms with Gasteiger partial charge in [0.15, 0.2) is 4.90 Å². The van der Waals surface area contributed by atoms with E-state index in [1.54, 1.807) is 0 Å². The van der Waals surface area contributed by atoms with Crippen LogP contribution in [-0.4, -0.2) is 8.42 Å². The molecule has 0 radical (unpaired) electrons. The summed E-state index contributed by atoms with van der Waals surface area (Å²) in [7, 11) is -0.125. The molecule has 0 N–H and O–H groups in total. The van der Waals surface area contributed by atoms with Gasteiger partial charge in [0, 0.05) is 10.7 Å². The Labute approximate surface area is 91.1 Å². The highest BCUT2D eigenvalue weighted by Crippen LogP contribution is 2.33. The van der Waals surface area contributed by atoms with Crippen molar-refractivity contribution in [3.05, 3.63) is 29.3 Å². The van der Waals surface area contributed by atoms with Crippen LogP contribution in [0.4, 0.5) is 22.0 Å². The molecule has 0 saturated heterocycles. The molecule has 1 rings (SSSR count). The topological polar surface area (TPSA) is 34.1 Å². The Morgan fingerprint density at radius 3 is 1.69 bits per heavy atom. The van der Waals surface area contributed by atoms with Crippen LogP contribution >= 0.6 is 10.7 Å². The molecule has 0 heterocycles. The highest BCUT2D eigenvalue weighted by Gasteiger charge is 2.34. The average molecular weight is 281 g/mol. The van der Waals surface area contributed by atoms with E-state index < -0.39 is 37.3 Å². The molecule has 1 aromatic rings. The molecular formula is C7H2ClF5O2S. The van der Waals surface area contributed by atoms with Crippen molar-refractivity contribution in [2.45, 2.75) is 11.1 Å². The first-order valence-corrected chi connectivity index (χ1v) is 5.85. The summed E-state index contributed by atoms with van der Waals surface area (Å²) in [4.78, 5) is -1.60. The Balaban J connectivity index is 3.53. The van der Waals surface area contributed by atoms with Crippen molar-refractivity contribution in [2.75, 3.05) is 0 Å². The fourth-order valence-electron chi connectivity index (χ4n) is 0.956. The lowest BCUT2D eigenvalue weighted by molar-refractivity contribution is -0.138. The summed E-state index contributed by atoms with van der Waals surface area (Å²) in [6.45, 7) is 0. The van der Waals surface area contributed by atoms with Gasteiger partial charge in [-0.2, -0.15) is 13.2 Å². The van der Waals surface area contributed by atoms with Gasteiger partial charge >= 0.3 is 6.18 Å². The molecule has 1 aromatic carbocycles. The van der Waals surface area contributed by atoms with Crippen LogP contribution in [-0.2, 0) is 15.2 Å². The van der Waals surface area contributed by atoms with Gasteiger partial charge in [0.2, 0.25) is 0 Å². The molecule has 0 aliphatic carbocycles. The number of hydrogen-bond acceptors (Lipinski definition) is 2. The van der Waals surface area contributed by atoms with Crippen LogP contribution < -0.4 is 0 Å². The second kappa shape index (κ2) is 3.85. The van der Waals surface area contributed by atoms with Crippen LogP contribution in [0.2, 0.25) is 0 Å². The van der Waals surface area contributed by atoms with Crippen molar-refractivity contribution in [1.29, 1.82) is 0 Å². The Hall–Kier alpha value is -0.890. The zero-order chi connectivity index (χ0) is 12.7. The second-order valence-corrected chi connectivity index (χ2v) is 5.21. The van der Waals surface area contributed by atoms with E-state index in [1.807, 2.05) is 0 Å². The third-order valence-corrected chi connectivity index (χ3v) is 2.91. The third kappa shape index (κ3) is 2.62. The summed E-state index contributed by atoms with van der Waals surface area (Å²) in [5, 5.41) is 0. The number of benzene rings is 1. The maximum Gasteiger partial charge on any atom is 0.416 e. The minimum atomic E-state index is -4.98. The Kier molecular flexibility index (Phi) is 3.17. The van der Waals surface area contributed by atoms with Gasteiger partial charge in [0.25, 0.3) is 9.05 Å². The highest BCUT2D eigenvalue weighted by atomic mass is 35.7. The molecule has 0 bridgehead atoms. The first-order chi connectivity index (χ1) is 7.03. The third-order valence-electron chi connectivity index (χ3n) is 1.57. The number of halogens is 6. The van der Waals surface area contributed by atoms with Crippen LogP contribution in [0.1, 0.15) is 5.56 Å². The van der Waals surface area contributed by atoms with Crippen molar-refractivity contribution in [2.24, 2.45) is 0 Å². The molecule has 0 fully saturated rings. The SMILES string of the molecule is O=S(=O)(Cl)c1c(F)cc(C(F)(F)F)cc1F. The number of rotatable bonds is 1. The summed E-state index contributed by atoms with van der Waals surface area (Å²) in [5.74, 6) is -3.77. The Morgan fingerprint density at radius 1 is 1.06 bits per heavy atom. The largest absolute Gasteiger partial charge is 0.416 e. The van der Waals surface area contributed by atoms with E-state index in [2.05, 4.69) is 10.7 Å². The summed E-state index contributed by atoms with van der Waals surface area (Å²) in [6.07, 6.45) is -4.98. The maximum atomic E-state index is 12.9. The Morgan fingerprint density at radius 2 is 1.44 bits per heavy atom. The summed E-state index contributed by atoms with van der Waals surface area (Å²) in [5.41, 5.74) is -1.63. The zero-order valence-corrected chi connectivity index (χ0v) is 8.72. The van der Waals surface area contributed by atoms with E-state index in [4.69, 9.17) is 0 Å². The van der Waals surface area contributed by atoms with Crippen molar-refractivity contribution >= 4 is 19.7 Å². The predicted molar refractivity (Wildman–Crippen MR) is 44.4 cm³/mol. The monoisotopic (exact) mass is 280 g/mol. The van der Waals surface area contributed by atoms with Gasteiger partial charge in [-0.15, -0.1) is 0 Å². The number of hydrogen-bond donors (Lipinski definition) is 0. The molecule has 0 aliphatic heterocycles. The maximum absolute atomic E-state index is 12.9. The lowest BCUT2D eigenvalue weighted by atomic mass is 10.2. The smallest absolute Gasteiger partial charge is 0.207 e. The zero-order valence-electron chi connectivity index (χ0n) is 7.15. The summed E-state index contributed by atoms with van der Waals surface area (Å²) < 4.78 is 83.3. The van der Waals surface area contributed by atoms with Crippen molar-refractivity contribution in [1.82, 2.24) is 0 Å². The Bertz CT molecular complexity index is 499. The fraction of sp³-hybridized carbons (Fsp3) is 0.143. The molecule has 2 nitrogen and oxygen atoms in total. The van der Waals surface area contributed by atoms with E-state index in [9.17, 15) is 30.4 Å². The van der Waals surface area contributed by atoms with Gasteiger partial charge < -0.3 is 0 Å². The van der Waals surface area contributed by atoms with Gasteiger partial charge in [0.05, 0.1) is 5.56 Å². The van der Waals surface area contributed by atoms with Gasteiger partial charge in [-0.3, -0.25) is 0 Å². The molecule has 0 aliphatic rings. The summed E-state index contributed by atoms with van der Waals surface area (Å²) >= 11 is 0. The molecule has 16 heavy (non-hydrogen) atoms. The van der Waals surface area contributed by atoms with Gasteiger partial charge in [-0.25, -0.2) is 17.2 Å². The van der Waals surface area contributed by atoms with Crippen LogP contribution in [0.5, 0.6) is 0 Å². The van der Waals surface area contributed by atoms with E-state index >= 15 is 0 Å². The fourth-order valence-corrected chi connectivity index (χ4v) is 1.98. The molecule has 9 heteroatoms. The van der Waals surface area contributed by atoms with E-state index in [0.717, 1.165) is 0 Å². The quantitative estimate of drug-likeness (QED) is 0.585. The minimum Gasteiger partial charge on any atom is -0.207 e. The molecule has 0 unspecified atom stereocenters. The van der Waals surface area contributed by atoms with E-state index in [-0.39, 0.29) is 12.1 Å².